The molecule has 1 fully saturated rings. The number of nitrogens with zero attached hydrogens (tertiary/aromatic N) is 2. The van der Waals surface area contributed by atoms with E-state index >= 15 is 0 Å². The van der Waals surface area contributed by atoms with Crippen molar-refractivity contribution in [2.24, 2.45) is 0 Å². The molecule has 21 heavy (non-hydrogen) atoms. The second kappa shape index (κ2) is 7.39. The van der Waals surface area contributed by atoms with E-state index in [2.05, 4.69) is 73.4 Å². The van der Waals surface area contributed by atoms with E-state index in [0.29, 0.717) is 6.04 Å². The van der Waals surface area contributed by atoms with Gasteiger partial charge in [0.05, 0.1) is 0 Å². The zero-order valence-corrected chi connectivity index (χ0v) is 14.1. The summed E-state index contributed by atoms with van der Waals surface area (Å²) < 4.78 is 0. The second-order valence-corrected chi connectivity index (χ2v) is 7.15. The minimum atomic E-state index is 0.210. The molecule has 1 atom stereocenters. The van der Waals surface area contributed by atoms with Crippen LogP contribution in [0, 0.1) is 0 Å². The van der Waals surface area contributed by atoms with Gasteiger partial charge in [-0.1, -0.05) is 30.3 Å². The molecule has 1 aromatic rings. The number of nitrogens with one attached hydrogen (secondary N) is 1. The third-order valence-corrected chi connectivity index (χ3v) is 4.79. The van der Waals surface area contributed by atoms with Crippen molar-refractivity contribution >= 4 is 0 Å². The SMILES string of the molecule is CN(C)C(C)(C)CNC1CCCN(Cc2ccccc2)C1. The second-order valence-electron chi connectivity index (χ2n) is 7.15. The molecule has 0 amide bonds. The summed E-state index contributed by atoms with van der Waals surface area (Å²) >= 11 is 0. The van der Waals surface area contributed by atoms with Gasteiger partial charge in [0.15, 0.2) is 0 Å². The first-order valence-electron chi connectivity index (χ1n) is 8.14. The summed E-state index contributed by atoms with van der Waals surface area (Å²) in [6.45, 7) is 9.11. The zero-order chi connectivity index (χ0) is 15.3. The lowest BCUT2D eigenvalue weighted by Crippen LogP contribution is -2.53. The van der Waals surface area contributed by atoms with Gasteiger partial charge in [-0.05, 0) is 52.9 Å². The lowest BCUT2D eigenvalue weighted by atomic mass is 10.0. The Bertz CT molecular complexity index is 414. The van der Waals surface area contributed by atoms with Gasteiger partial charge in [0.25, 0.3) is 0 Å². The van der Waals surface area contributed by atoms with E-state index in [1.54, 1.807) is 0 Å². The van der Waals surface area contributed by atoms with E-state index in [0.717, 1.165) is 13.1 Å². The van der Waals surface area contributed by atoms with Gasteiger partial charge in [-0.2, -0.15) is 0 Å². The number of likely N-dealkylation sites (N-methyl/N-ethyl adjacent to an activating group) is 1. The average Bonchev–Trinajstić information content (AvgIpc) is 2.47. The lowest BCUT2D eigenvalue weighted by molar-refractivity contribution is 0.150. The molecule has 0 radical (unpaired) electrons. The van der Waals surface area contributed by atoms with Crippen LogP contribution in [0.1, 0.15) is 32.3 Å². The van der Waals surface area contributed by atoms with Crippen LogP contribution in [0.25, 0.3) is 0 Å². The molecule has 3 nitrogen and oxygen atoms in total. The van der Waals surface area contributed by atoms with Gasteiger partial charge in [0.1, 0.15) is 0 Å². The molecule has 1 aliphatic heterocycles. The predicted molar refractivity (Wildman–Crippen MR) is 90.5 cm³/mol. The first kappa shape index (κ1) is 16.5. The van der Waals surface area contributed by atoms with Gasteiger partial charge in [-0.25, -0.2) is 0 Å². The summed E-state index contributed by atoms with van der Waals surface area (Å²) in [6.07, 6.45) is 2.60. The highest BCUT2D eigenvalue weighted by Gasteiger charge is 2.24. The molecule has 1 heterocycles. The van der Waals surface area contributed by atoms with Crippen molar-refractivity contribution in [2.45, 2.75) is 44.8 Å². The van der Waals surface area contributed by atoms with Crippen LogP contribution in [0.4, 0.5) is 0 Å². The predicted octanol–water partition coefficient (Wildman–Crippen LogP) is 2.58. The maximum Gasteiger partial charge on any atom is 0.0271 e. The fourth-order valence-corrected chi connectivity index (χ4v) is 2.76. The Morgan fingerprint density at radius 3 is 2.62 bits per heavy atom. The fourth-order valence-electron chi connectivity index (χ4n) is 2.76. The molecule has 1 aromatic carbocycles. The Balaban J connectivity index is 1.81. The smallest absolute Gasteiger partial charge is 0.0271 e. The maximum absolute atomic E-state index is 3.78. The molecule has 0 aliphatic carbocycles. The number of piperidine rings is 1. The van der Waals surface area contributed by atoms with Crippen molar-refractivity contribution in [3.05, 3.63) is 35.9 Å². The van der Waals surface area contributed by atoms with Gasteiger partial charge in [-0.15, -0.1) is 0 Å². The van der Waals surface area contributed by atoms with Crippen molar-refractivity contribution in [1.29, 1.82) is 0 Å². The number of rotatable bonds is 6. The Hall–Kier alpha value is -0.900. The fraction of sp³-hybridized carbons (Fsp3) is 0.667. The van der Waals surface area contributed by atoms with E-state index in [1.807, 2.05) is 0 Å². The summed E-state index contributed by atoms with van der Waals surface area (Å²) in [6, 6.07) is 11.4. The quantitative estimate of drug-likeness (QED) is 0.868. The molecule has 3 heteroatoms. The number of hydrogen-bond donors (Lipinski definition) is 1. The Morgan fingerprint density at radius 2 is 1.95 bits per heavy atom. The summed E-state index contributed by atoms with van der Waals surface area (Å²) in [5.74, 6) is 0. The molecule has 0 spiro atoms. The largest absolute Gasteiger partial charge is 0.311 e. The van der Waals surface area contributed by atoms with Crippen LogP contribution < -0.4 is 5.32 Å². The third-order valence-electron chi connectivity index (χ3n) is 4.79. The van der Waals surface area contributed by atoms with Crippen molar-refractivity contribution in [1.82, 2.24) is 15.1 Å². The molecule has 118 valence electrons. The third kappa shape index (κ3) is 5.10. The van der Waals surface area contributed by atoms with Crippen LogP contribution in [-0.2, 0) is 6.54 Å². The zero-order valence-electron chi connectivity index (χ0n) is 14.1. The molecule has 0 aromatic heterocycles. The highest BCUT2D eigenvalue weighted by molar-refractivity contribution is 5.14. The average molecular weight is 289 g/mol. The first-order chi connectivity index (χ1) is 9.97. The summed E-state index contributed by atoms with van der Waals surface area (Å²) in [5.41, 5.74) is 1.63. The van der Waals surface area contributed by atoms with Crippen molar-refractivity contribution < 1.29 is 0 Å². The van der Waals surface area contributed by atoms with Crippen molar-refractivity contribution in [2.75, 3.05) is 33.7 Å². The highest BCUT2D eigenvalue weighted by Crippen LogP contribution is 2.15. The summed E-state index contributed by atoms with van der Waals surface area (Å²) in [7, 11) is 4.31. The molecule has 1 unspecified atom stereocenters. The van der Waals surface area contributed by atoms with E-state index in [1.165, 1.54) is 31.5 Å². The maximum atomic E-state index is 3.78. The molecule has 1 aliphatic rings. The van der Waals surface area contributed by atoms with Gasteiger partial charge in [0.2, 0.25) is 0 Å². The first-order valence-corrected chi connectivity index (χ1v) is 8.14. The molecule has 2 rings (SSSR count). The minimum Gasteiger partial charge on any atom is -0.311 e. The van der Waals surface area contributed by atoms with Crippen LogP contribution >= 0.6 is 0 Å². The van der Waals surface area contributed by atoms with Crippen LogP contribution in [0.5, 0.6) is 0 Å². The Kier molecular flexibility index (Phi) is 5.80. The Labute approximate surface area is 130 Å². The lowest BCUT2D eigenvalue weighted by Gasteiger charge is -2.38. The van der Waals surface area contributed by atoms with E-state index in [-0.39, 0.29) is 5.54 Å². The normalized spacial score (nSPS) is 20.9. The van der Waals surface area contributed by atoms with Gasteiger partial charge in [-0.3, -0.25) is 4.90 Å². The van der Waals surface area contributed by atoms with E-state index in [4.69, 9.17) is 0 Å². The summed E-state index contributed by atoms with van der Waals surface area (Å²) in [5, 5.41) is 3.78. The molecule has 0 bridgehead atoms. The van der Waals surface area contributed by atoms with Crippen molar-refractivity contribution in [3.8, 4) is 0 Å². The monoisotopic (exact) mass is 289 g/mol. The topological polar surface area (TPSA) is 18.5 Å². The minimum absolute atomic E-state index is 0.210. The standard InChI is InChI=1S/C18H31N3/c1-18(2,20(3)4)15-19-17-11-8-12-21(14-17)13-16-9-6-5-7-10-16/h5-7,9-10,17,19H,8,11-15H2,1-4H3. The molecular formula is C18H31N3. The van der Waals surface area contributed by atoms with Crippen LogP contribution in [0.3, 0.4) is 0 Å². The molecular weight excluding hydrogens is 258 g/mol. The summed E-state index contributed by atoms with van der Waals surface area (Å²) in [4.78, 5) is 4.88. The van der Waals surface area contributed by atoms with Gasteiger partial charge >= 0.3 is 0 Å². The van der Waals surface area contributed by atoms with E-state index < -0.39 is 0 Å². The molecule has 1 N–H and O–H groups in total. The van der Waals surface area contributed by atoms with Crippen LogP contribution in [0.15, 0.2) is 30.3 Å². The number of likely N-dealkylation sites (tertiary alicyclic amines) is 1. The molecule has 1 saturated heterocycles. The molecule has 0 saturated carbocycles. The van der Waals surface area contributed by atoms with E-state index in [9.17, 15) is 0 Å². The highest BCUT2D eigenvalue weighted by atomic mass is 15.2. The van der Waals surface area contributed by atoms with Crippen LogP contribution in [-0.4, -0.2) is 55.1 Å². The number of benzene rings is 1. The Morgan fingerprint density at radius 1 is 1.24 bits per heavy atom. The van der Waals surface area contributed by atoms with Gasteiger partial charge < -0.3 is 10.2 Å². The number of hydrogen-bond acceptors (Lipinski definition) is 3. The van der Waals surface area contributed by atoms with Crippen LogP contribution in [0.2, 0.25) is 0 Å². The van der Waals surface area contributed by atoms with Crippen molar-refractivity contribution in [3.63, 3.8) is 0 Å². The van der Waals surface area contributed by atoms with Gasteiger partial charge in [0, 0.05) is 31.2 Å².